The zero-order valence-electron chi connectivity index (χ0n) is 11.6. The molecule has 0 saturated heterocycles. The van der Waals surface area contributed by atoms with Gasteiger partial charge in [-0.05, 0) is 12.8 Å². The molecule has 1 saturated carbocycles. The topological polar surface area (TPSA) is 84.5 Å². The molecule has 1 rings (SSSR count). The fraction of sp³-hybridized carbons (Fsp3) is 0.917. The van der Waals surface area contributed by atoms with Crippen molar-refractivity contribution in [2.75, 3.05) is 18.1 Å². The van der Waals surface area contributed by atoms with Gasteiger partial charge < -0.3 is 11.1 Å². The average molecular weight is 403 g/mol. The van der Waals surface area contributed by atoms with Gasteiger partial charge in [0, 0.05) is 11.8 Å². The SMILES string of the molecule is CCS(=O)(=O)CCN=C(N)NC1CCCCCC1.I. The van der Waals surface area contributed by atoms with Crippen LogP contribution in [0.15, 0.2) is 4.99 Å². The highest BCUT2D eigenvalue weighted by Gasteiger charge is 2.12. The number of hydrogen-bond acceptors (Lipinski definition) is 3. The molecular formula is C12H26IN3O2S. The Kier molecular flexibility index (Phi) is 9.77. The Hall–Kier alpha value is -0.0500. The van der Waals surface area contributed by atoms with Gasteiger partial charge in [-0.2, -0.15) is 0 Å². The van der Waals surface area contributed by atoms with Crippen LogP contribution in [-0.2, 0) is 9.84 Å². The van der Waals surface area contributed by atoms with E-state index in [0.29, 0.717) is 12.0 Å². The third-order valence-corrected chi connectivity index (χ3v) is 5.02. The van der Waals surface area contributed by atoms with Crippen molar-refractivity contribution in [1.82, 2.24) is 5.32 Å². The van der Waals surface area contributed by atoms with Crippen LogP contribution < -0.4 is 11.1 Å². The molecule has 5 nitrogen and oxygen atoms in total. The molecule has 0 aromatic carbocycles. The molecule has 0 amide bonds. The molecule has 7 heteroatoms. The molecule has 0 radical (unpaired) electrons. The van der Waals surface area contributed by atoms with E-state index in [1.165, 1.54) is 25.7 Å². The van der Waals surface area contributed by atoms with Gasteiger partial charge >= 0.3 is 0 Å². The van der Waals surface area contributed by atoms with Crippen molar-refractivity contribution in [3.05, 3.63) is 0 Å². The molecule has 114 valence electrons. The summed E-state index contributed by atoms with van der Waals surface area (Å²) in [7, 11) is -2.94. The first kappa shape index (κ1) is 18.9. The number of hydrogen-bond donors (Lipinski definition) is 2. The van der Waals surface area contributed by atoms with Crippen molar-refractivity contribution in [2.45, 2.75) is 51.5 Å². The third-order valence-electron chi connectivity index (χ3n) is 3.33. The number of rotatable bonds is 5. The normalized spacial score (nSPS) is 18.5. The van der Waals surface area contributed by atoms with Crippen molar-refractivity contribution < 1.29 is 8.42 Å². The number of sulfone groups is 1. The Balaban J connectivity index is 0.00000324. The molecule has 0 atom stereocenters. The number of guanidine groups is 1. The van der Waals surface area contributed by atoms with E-state index in [0.717, 1.165) is 12.8 Å². The minimum atomic E-state index is -2.94. The lowest BCUT2D eigenvalue weighted by Gasteiger charge is -2.16. The van der Waals surface area contributed by atoms with Gasteiger partial charge in [0.15, 0.2) is 15.8 Å². The van der Waals surface area contributed by atoms with Crippen LogP contribution in [0, 0.1) is 0 Å². The second-order valence-corrected chi connectivity index (χ2v) is 7.31. The van der Waals surface area contributed by atoms with Crippen LogP contribution in [0.2, 0.25) is 0 Å². The van der Waals surface area contributed by atoms with E-state index in [1.54, 1.807) is 6.92 Å². The van der Waals surface area contributed by atoms with E-state index in [1.807, 2.05) is 0 Å². The van der Waals surface area contributed by atoms with Crippen molar-refractivity contribution in [3.8, 4) is 0 Å². The number of nitrogens with one attached hydrogen (secondary N) is 1. The predicted molar refractivity (Wildman–Crippen MR) is 90.9 cm³/mol. The maximum Gasteiger partial charge on any atom is 0.188 e. The van der Waals surface area contributed by atoms with E-state index in [4.69, 9.17) is 5.73 Å². The highest BCUT2D eigenvalue weighted by molar-refractivity contribution is 14.0. The number of nitrogens with zero attached hydrogens (tertiary/aromatic N) is 1. The van der Waals surface area contributed by atoms with Gasteiger partial charge in [0.2, 0.25) is 0 Å². The molecule has 0 spiro atoms. The summed E-state index contributed by atoms with van der Waals surface area (Å²) in [6.07, 6.45) is 7.31. The van der Waals surface area contributed by atoms with E-state index in [9.17, 15) is 8.42 Å². The smallest absolute Gasteiger partial charge is 0.188 e. The first-order chi connectivity index (χ1) is 8.53. The first-order valence-electron chi connectivity index (χ1n) is 6.80. The van der Waals surface area contributed by atoms with Crippen LogP contribution in [-0.4, -0.2) is 38.5 Å². The Bertz CT molecular complexity index is 363. The van der Waals surface area contributed by atoms with Crippen LogP contribution in [0.25, 0.3) is 0 Å². The number of halogens is 1. The highest BCUT2D eigenvalue weighted by atomic mass is 127. The highest BCUT2D eigenvalue weighted by Crippen LogP contribution is 2.16. The van der Waals surface area contributed by atoms with Crippen LogP contribution >= 0.6 is 24.0 Å². The van der Waals surface area contributed by atoms with Crippen LogP contribution in [0.1, 0.15) is 45.4 Å². The monoisotopic (exact) mass is 403 g/mol. The Morgan fingerprint density at radius 1 is 1.26 bits per heavy atom. The average Bonchev–Trinajstić information content (AvgIpc) is 2.57. The minimum Gasteiger partial charge on any atom is -0.370 e. The van der Waals surface area contributed by atoms with E-state index in [-0.39, 0.29) is 42.0 Å². The summed E-state index contributed by atoms with van der Waals surface area (Å²) in [5.41, 5.74) is 5.77. The minimum absolute atomic E-state index is 0. The second-order valence-electron chi connectivity index (χ2n) is 4.84. The summed E-state index contributed by atoms with van der Waals surface area (Å²) in [5.74, 6) is 0.628. The molecule has 1 fully saturated rings. The lowest BCUT2D eigenvalue weighted by Crippen LogP contribution is -2.40. The van der Waals surface area contributed by atoms with Crippen molar-refractivity contribution >= 4 is 39.8 Å². The van der Waals surface area contributed by atoms with E-state index < -0.39 is 9.84 Å². The first-order valence-corrected chi connectivity index (χ1v) is 8.62. The fourth-order valence-corrected chi connectivity index (χ4v) is 2.79. The summed E-state index contributed by atoms with van der Waals surface area (Å²) in [4.78, 5) is 4.09. The van der Waals surface area contributed by atoms with Crippen LogP contribution in [0.4, 0.5) is 0 Å². The molecule has 1 aliphatic rings. The molecule has 3 N–H and O–H groups in total. The largest absolute Gasteiger partial charge is 0.370 e. The summed E-state index contributed by atoms with van der Waals surface area (Å²) < 4.78 is 22.6. The molecule has 0 heterocycles. The zero-order chi connectivity index (χ0) is 13.4. The standard InChI is InChI=1S/C12H25N3O2S.HI/c1-2-18(16,17)10-9-14-12(13)15-11-7-5-3-4-6-8-11;/h11H,2-10H2,1H3,(H3,13,14,15);1H. The molecule has 0 unspecified atom stereocenters. The predicted octanol–water partition coefficient (Wildman–Crippen LogP) is 1.67. The van der Waals surface area contributed by atoms with Crippen molar-refractivity contribution in [3.63, 3.8) is 0 Å². The molecule has 1 aliphatic carbocycles. The molecule has 19 heavy (non-hydrogen) atoms. The van der Waals surface area contributed by atoms with Gasteiger partial charge in [0.1, 0.15) is 0 Å². The lowest BCUT2D eigenvalue weighted by molar-refractivity contribution is 0.530. The van der Waals surface area contributed by atoms with E-state index >= 15 is 0 Å². The molecule has 0 aromatic heterocycles. The van der Waals surface area contributed by atoms with E-state index in [2.05, 4.69) is 10.3 Å². The Morgan fingerprint density at radius 3 is 2.37 bits per heavy atom. The summed E-state index contributed by atoms with van der Waals surface area (Å²) >= 11 is 0. The molecule has 0 bridgehead atoms. The summed E-state index contributed by atoms with van der Waals surface area (Å²) in [6.45, 7) is 1.90. The lowest BCUT2D eigenvalue weighted by atomic mass is 10.1. The van der Waals surface area contributed by atoms with Gasteiger partial charge in [0.25, 0.3) is 0 Å². The number of aliphatic imine (C=N–C) groups is 1. The number of nitrogens with two attached hydrogens (primary N) is 1. The maximum absolute atomic E-state index is 11.3. The summed E-state index contributed by atoms with van der Waals surface area (Å²) in [5, 5.41) is 3.20. The third kappa shape index (κ3) is 8.67. The molecule has 0 aromatic rings. The van der Waals surface area contributed by atoms with Gasteiger partial charge in [-0.3, -0.25) is 4.99 Å². The fourth-order valence-electron chi connectivity index (χ4n) is 2.13. The van der Waals surface area contributed by atoms with Crippen LogP contribution in [0.5, 0.6) is 0 Å². The van der Waals surface area contributed by atoms with Crippen molar-refractivity contribution in [2.24, 2.45) is 10.7 Å². The maximum atomic E-state index is 11.3. The second kappa shape index (κ2) is 9.79. The molecular weight excluding hydrogens is 377 g/mol. The Labute approximate surface area is 133 Å². The van der Waals surface area contributed by atoms with Crippen LogP contribution in [0.3, 0.4) is 0 Å². The quantitative estimate of drug-likeness (QED) is 0.317. The van der Waals surface area contributed by atoms with Gasteiger partial charge in [-0.1, -0.05) is 32.6 Å². The van der Waals surface area contributed by atoms with Gasteiger partial charge in [0.05, 0.1) is 12.3 Å². The Morgan fingerprint density at radius 2 is 1.84 bits per heavy atom. The van der Waals surface area contributed by atoms with Crippen molar-refractivity contribution in [1.29, 1.82) is 0 Å². The zero-order valence-corrected chi connectivity index (χ0v) is 14.7. The summed E-state index contributed by atoms with van der Waals surface area (Å²) in [6, 6.07) is 0.402. The molecule has 0 aliphatic heterocycles. The van der Waals surface area contributed by atoms with Gasteiger partial charge in [-0.15, -0.1) is 24.0 Å². The van der Waals surface area contributed by atoms with Gasteiger partial charge in [-0.25, -0.2) is 8.42 Å².